The van der Waals surface area contributed by atoms with Gasteiger partial charge < -0.3 is 4.98 Å². The van der Waals surface area contributed by atoms with Gasteiger partial charge >= 0.3 is 6.43 Å². The maximum Gasteiger partial charge on any atom is 0.300 e. The first-order chi connectivity index (χ1) is 7.09. The zero-order valence-corrected chi connectivity index (χ0v) is 9.01. The minimum absolute atomic E-state index is 0.0347. The summed E-state index contributed by atoms with van der Waals surface area (Å²) in [6.45, 7) is 0. The number of hydrogen-bond acceptors (Lipinski definition) is 1. The topological polar surface area (TPSA) is 32.9 Å². The van der Waals surface area contributed by atoms with Crippen molar-refractivity contribution in [2.45, 2.75) is 6.43 Å². The molecule has 0 spiro atoms. The Morgan fingerprint density at radius 2 is 2.13 bits per heavy atom. The Morgan fingerprint density at radius 3 is 2.80 bits per heavy atom. The number of rotatable bonds is 2. The summed E-state index contributed by atoms with van der Waals surface area (Å²) in [7, 11) is 0. The molecule has 0 unspecified atom stereocenters. The summed E-state index contributed by atoms with van der Waals surface area (Å²) in [5, 5.41) is 0.517. The van der Waals surface area contributed by atoms with Crippen molar-refractivity contribution in [3.05, 3.63) is 34.4 Å². The number of aromatic amines is 1. The van der Waals surface area contributed by atoms with E-state index < -0.39 is 12.2 Å². The third kappa shape index (κ3) is 1.79. The van der Waals surface area contributed by atoms with E-state index in [1.165, 1.54) is 6.20 Å². The van der Waals surface area contributed by atoms with Gasteiger partial charge in [0.05, 0.1) is 0 Å². The Hall–Kier alpha value is -1.23. The molecule has 15 heavy (non-hydrogen) atoms. The van der Waals surface area contributed by atoms with Crippen molar-refractivity contribution in [2.24, 2.45) is 0 Å². The number of fused-ring (bicyclic) bond motifs is 1. The van der Waals surface area contributed by atoms with Gasteiger partial charge in [-0.2, -0.15) is 0 Å². The molecular weight excluding hydrogens is 268 g/mol. The number of aromatic nitrogens is 1. The molecule has 5 heteroatoms. The molecule has 2 rings (SSSR count). The highest BCUT2D eigenvalue weighted by Gasteiger charge is 2.20. The average molecular weight is 274 g/mol. The van der Waals surface area contributed by atoms with E-state index in [9.17, 15) is 13.6 Å². The van der Waals surface area contributed by atoms with Crippen LogP contribution in [0.5, 0.6) is 0 Å². The van der Waals surface area contributed by atoms with Crippen LogP contribution in [-0.4, -0.2) is 17.2 Å². The zero-order chi connectivity index (χ0) is 11.0. The molecule has 0 saturated heterocycles. The summed E-state index contributed by atoms with van der Waals surface area (Å²) in [5.41, 5.74) is 0.695. The summed E-state index contributed by atoms with van der Waals surface area (Å²) >= 11 is 3.25. The number of H-pyrrole nitrogens is 1. The van der Waals surface area contributed by atoms with Crippen LogP contribution in [0.15, 0.2) is 28.9 Å². The van der Waals surface area contributed by atoms with Crippen molar-refractivity contribution in [1.29, 1.82) is 0 Å². The van der Waals surface area contributed by atoms with E-state index >= 15 is 0 Å². The van der Waals surface area contributed by atoms with Gasteiger partial charge in [0.2, 0.25) is 5.78 Å². The predicted octanol–water partition coefficient (Wildman–Crippen LogP) is 3.38. The Kier molecular flexibility index (Phi) is 2.56. The third-order valence-corrected chi connectivity index (χ3v) is 2.60. The normalized spacial score (nSPS) is 11.2. The molecule has 1 aromatic carbocycles. The van der Waals surface area contributed by atoms with Crippen LogP contribution in [0.4, 0.5) is 8.78 Å². The quantitative estimate of drug-likeness (QED) is 0.836. The molecule has 1 aromatic heterocycles. The number of carbonyl (C=O) groups is 1. The van der Waals surface area contributed by atoms with Crippen LogP contribution in [0, 0.1) is 0 Å². The number of nitrogens with one attached hydrogen (secondary N) is 1. The summed E-state index contributed by atoms with van der Waals surface area (Å²) in [4.78, 5) is 13.9. The number of halogens is 3. The third-order valence-electron chi connectivity index (χ3n) is 2.11. The zero-order valence-electron chi connectivity index (χ0n) is 7.43. The summed E-state index contributed by atoms with van der Waals surface area (Å²) in [6, 6.07) is 5.07. The van der Waals surface area contributed by atoms with Crippen molar-refractivity contribution >= 4 is 32.6 Å². The lowest BCUT2D eigenvalue weighted by atomic mass is 10.1. The second-order valence-electron chi connectivity index (χ2n) is 3.06. The Balaban J connectivity index is 2.59. The van der Waals surface area contributed by atoms with Crippen LogP contribution in [0.2, 0.25) is 0 Å². The van der Waals surface area contributed by atoms with Gasteiger partial charge in [0.1, 0.15) is 0 Å². The van der Waals surface area contributed by atoms with Crippen molar-refractivity contribution in [2.75, 3.05) is 0 Å². The first-order valence-electron chi connectivity index (χ1n) is 4.18. The van der Waals surface area contributed by atoms with Crippen molar-refractivity contribution < 1.29 is 13.6 Å². The van der Waals surface area contributed by atoms with Crippen molar-refractivity contribution in [3.8, 4) is 0 Å². The highest BCUT2D eigenvalue weighted by molar-refractivity contribution is 9.10. The first kappa shape index (κ1) is 10.3. The van der Waals surface area contributed by atoms with E-state index in [4.69, 9.17) is 0 Å². The maximum absolute atomic E-state index is 12.2. The Bertz CT molecular complexity index is 521. The number of alkyl halides is 2. The SMILES string of the molecule is O=C(c1c[nH]c2cc(Br)ccc12)C(F)F. The number of benzene rings is 1. The van der Waals surface area contributed by atoms with Crippen molar-refractivity contribution in [3.63, 3.8) is 0 Å². The van der Waals surface area contributed by atoms with E-state index in [0.29, 0.717) is 10.9 Å². The number of carbonyl (C=O) groups excluding carboxylic acids is 1. The summed E-state index contributed by atoms with van der Waals surface area (Å²) in [6.07, 6.45) is -1.65. The molecule has 0 radical (unpaired) electrons. The van der Waals surface area contributed by atoms with Gasteiger partial charge in [0.15, 0.2) is 0 Å². The maximum atomic E-state index is 12.2. The largest absolute Gasteiger partial charge is 0.360 e. The lowest BCUT2D eigenvalue weighted by Gasteiger charge is -1.97. The lowest BCUT2D eigenvalue weighted by molar-refractivity contribution is 0.0680. The van der Waals surface area contributed by atoms with Crippen LogP contribution in [0.1, 0.15) is 10.4 Å². The number of Topliss-reactive ketones (excluding diaryl/α,β-unsaturated/α-hetero) is 1. The molecule has 0 atom stereocenters. The molecule has 0 amide bonds. The average Bonchev–Trinajstić information content (AvgIpc) is 2.59. The van der Waals surface area contributed by atoms with Gasteiger partial charge in [0.25, 0.3) is 0 Å². The smallest absolute Gasteiger partial charge is 0.300 e. The van der Waals surface area contributed by atoms with Gasteiger partial charge in [-0.15, -0.1) is 0 Å². The fraction of sp³-hybridized carbons (Fsp3) is 0.100. The van der Waals surface area contributed by atoms with E-state index in [0.717, 1.165) is 4.47 Å². The number of ketones is 1. The molecule has 1 N–H and O–H groups in total. The molecule has 0 saturated carbocycles. The molecule has 1 heterocycles. The van der Waals surface area contributed by atoms with E-state index in [1.807, 2.05) is 0 Å². The second-order valence-corrected chi connectivity index (χ2v) is 3.97. The van der Waals surface area contributed by atoms with Crippen LogP contribution >= 0.6 is 15.9 Å². The lowest BCUT2D eigenvalue weighted by Crippen LogP contribution is -2.09. The van der Waals surface area contributed by atoms with Gasteiger partial charge in [-0.1, -0.05) is 22.0 Å². The molecule has 0 bridgehead atoms. The van der Waals surface area contributed by atoms with Gasteiger partial charge in [-0.3, -0.25) is 4.79 Å². The molecule has 0 fully saturated rings. The van der Waals surface area contributed by atoms with E-state index in [2.05, 4.69) is 20.9 Å². The molecular formula is C10H6BrF2NO. The summed E-state index contributed by atoms with van der Waals surface area (Å²) in [5.74, 6) is -1.15. The minimum atomic E-state index is -2.97. The first-order valence-corrected chi connectivity index (χ1v) is 4.98. The molecule has 0 aliphatic heterocycles. The van der Waals surface area contributed by atoms with E-state index in [1.54, 1.807) is 18.2 Å². The van der Waals surface area contributed by atoms with Gasteiger partial charge in [-0.05, 0) is 12.1 Å². The second kappa shape index (κ2) is 3.73. The van der Waals surface area contributed by atoms with Crippen LogP contribution in [-0.2, 0) is 0 Å². The molecule has 2 nitrogen and oxygen atoms in total. The fourth-order valence-electron chi connectivity index (χ4n) is 1.42. The van der Waals surface area contributed by atoms with E-state index in [-0.39, 0.29) is 5.56 Å². The predicted molar refractivity (Wildman–Crippen MR) is 56.3 cm³/mol. The monoisotopic (exact) mass is 273 g/mol. The Labute approximate surface area is 92.4 Å². The minimum Gasteiger partial charge on any atom is -0.360 e. The molecule has 2 aromatic rings. The van der Waals surface area contributed by atoms with Crippen LogP contribution in [0.3, 0.4) is 0 Å². The van der Waals surface area contributed by atoms with Crippen molar-refractivity contribution in [1.82, 2.24) is 4.98 Å². The van der Waals surface area contributed by atoms with Gasteiger partial charge in [0, 0.05) is 27.1 Å². The van der Waals surface area contributed by atoms with Crippen LogP contribution < -0.4 is 0 Å². The summed E-state index contributed by atoms with van der Waals surface area (Å²) < 4.78 is 25.3. The molecule has 78 valence electrons. The highest BCUT2D eigenvalue weighted by atomic mass is 79.9. The number of hydrogen-bond donors (Lipinski definition) is 1. The van der Waals surface area contributed by atoms with Gasteiger partial charge in [-0.25, -0.2) is 8.78 Å². The highest BCUT2D eigenvalue weighted by Crippen LogP contribution is 2.23. The van der Waals surface area contributed by atoms with Crippen LogP contribution in [0.25, 0.3) is 10.9 Å². The molecule has 0 aliphatic carbocycles. The standard InChI is InChI=1S/C10H6BrF2NO/c11-5-1-2-6-7(9(15)10(12)13)4-14-8(6)3-5/h1-4,10,14H. The fourth-order valence-corrected chi connectivity index (χ4v) is 1.78. The Morgan fingerprint density at radius 1 is 1.40 bits per heavy atom. The molecule has 0 aliphatic rings.